The van der Waals surface area contributed by atoms with Crippen LogP contribution in [0.3, 0.4) is 0 Å². The van der Waals surface area contributed by atoms with E-state index < -0.39 is 0 Å². The van der Waals surface area contributed by atoms with Crippen molar-refractivity contribution in [3.8, 4) is 0 Å². The average Bonchev–Trinajstić information content (AvgIpc) is 2.06. The zero-order valence-corrected chi connectivity index (χ0v) is 6.93. The molecular formula is C8H17NO2. The lowest BCUT2D eigenvalue weighted by Crippen LogP contribution is -2.38. The van der Waals surface area contributed by atoms with Crippen LogP contribution < -0.4 is 5.32 Å². The van der Waals surface area contributed by atoms with Crippen LogP contribution in [0, 0.1) is 0 Å². The number of ether oxygens (including phenoxy) is 1. The Balaban J connectivity index is 0.00000121. The molecule has 3 heteroatoms. The summed E-state index contributed by atoms with van der Waals surface area (Å²) in [6.45, 7) is 3.44. The van der Waals surface area contributed by atoms with Gasteiger partial charge in [0.25, 0.3) is 0 Å². The lowest BCUT2D eigenvalue weighted by molar-refractivity contribution is -0.122. The van der Waals surface area contributed by atoms with Crippen LogP contribution in [0.25, 0.3) is 0 Å². The summed E-state index contributed by atoms with van der Waals surface area (Å²) in [5, 5.41) is 2.95. The standard InChI is InChI=1S/C8H15NO2.H2/c1-2-8(10)9-7-3-5-11-6-4-7;/h7H,2-6H2,1H3,(H,9,10);1H. The van der Waals surface area contributed by atoms with Gasteiger partial charge in [-0.2, -0.15) is 0 Å². The first-order valence-corrected chi connectivity index (χ1v) is 4.20. The maximum Gasteiger partial charge on any atom is 0.219 e. The van der Waals surface area contributed by atoms with Crippen molar-refractivity contribution in [3.63, 3.8) is 0 Å². The van der Waals surface area contributed by atoms with E-state index in [1.165, 1.54) is 0 Å². The minimum absolute atomic E-state index is 0. The van der Waals surface area contributed by atoms with E-state index in [0.717, 1.165) is 26.1 Å². The van der Waals surface area contributed by atoms with Gasteiger partial charge in [0.15, 0.2) is 0 Å². The average molecular weight is 159 g/mol. The fourth-order valence-electron chi connectivity index (χ4n) is 1.17. The Labute approximate surface area is 68.6 Å². The van der Waals surface area contributed by atoms with E-state index in [-0.39, 0.29) is 7.33 Å². The summed E-state index contributed by atoms with van der Waals surface area (Å²) in [6, 6.07) is 0.358. The normalized spacial score (nSPS) is 19.7. The van der Waals surface area contributed by atoms with Gasteiger partial charge >= 0.3 is 0 Å². The molecule has 66 valence electrons. The van der Waals surface area contributed by atoms with Gasteiger partial charge in [0, 0.05) is 27.1 Å². The highest BCUT2D eigenvalue weighted by Crippen LogP contribution is 2.05. The number of nitrogens with one attached hydrogen (secondary N) is 1. The van der Waals surface area contributed by atoms with E-state index in [4.69, 9.17) is 4.74 Å². The molecule has 0 atom stereocenters. The number of rotatable bonds is 2. The van der Waals surface area contributed by atoms with Crippen LogP contribution in [0.4, 0.5) is 0 Å². The van der Waals surface area contributed by atoms with Crippen LogP contribution in [0.15, 0.2) is 0 Å². The zero-order chi connectivity index (χ0) is 8.10. The Hall–Kier alpha value is -0.570. The molecule has 0 aromatic heterocycles. The quantitative estimate of drug-likeness (QED) is 0.651. The molecule has 11 heavy (non-hydrogen) atoms. The molecule has 1 heterocycles. The molecule has 1 N–H and O–H groups in total. The van der Waals surface area contributed by atoms with Crippen LogP contribution in [0.1, 0.15) is 27.6 Å². The maximum absolute atomic E-state index is 10.9. The number of amides is 1. The fourth-order valence-corrected chi connectivity index (χ4v) is 1.17. The zero-order valence-electron chi connectivity index (χ0n) is 6.93. The second-order valence-corrected chi connectivity index (χ2v) is 2.81. The number of hydrogen-bond donors (Lipinski definition) is 1. The van der Waals surface area contributed by atoms with Crippen molar-refractivity contribution in [2.75, 3.05) is 13.2 Å². The minimum Gasteiger partial charge on any atom is -0.381 e. The molecule has 1 amide bonds. The molecule has 0 radical (unpaired) electrons. The third kappa shape index (κ3) is 2.89. The first-order chi connectivity index (χ1) is 5.33. The summed E-state index contributed by atoms with van der Waals surface area (Å²) < 4.78 is 5.16. The van der Waals surface area contributed by atoms with Crippen molar-refractivity contribution in [2.45, 2.75) is 32.2 Å². The largest absolute Gasteiger partial charge is 0.381 e. The van der Waals surface area contributed by atoms with E-state index >= 15 is 0 Å². The Kier molecular flexibility index (Phi) is 3.36. The molecule has 0 aromatic rings. The third-order valence-electron chi connectivity index (χ3n) is 1.91. The third-order valence-corrected chi connectivity index (χ3v) is 1.91. The first kappa shape index (κ1) is 8.53. The highest BCUT2D eigenvalue weighted by atomic mass is 16.5. The van der Waals surface area contributed by atoms with Gasteiger partial charge in [0.2, 0.25) is 5.91 Å². The molecule has 0 aromatic carbocycles. The number of carbonyl (C=O) groups is 1. The maximum atomic E-state index is 10.9. The van der Waals surface area contributed by atoms with Crippen LogP contribution in [-0.2, 0) is 9.53 Å². The molecule has 1 aliphatic heterocycles. The van der Waals surface area contributed by atoms with E-state index in [2.05, 4.69) is 5.32 Å². The Bertz CT molecular complexity index is 135. The molecule has 1 aliphatic rings. The van der Waals surface area contributed by atoms with Gasteiger partial charge in [-0.3, -0.25) is 4.79 Å². The van der Waals surface area contributed by atoms with Crippen LogP contribution >= 0.6 is 0 Å². The van der Waals surface area contributed by atoms with Gasteiger partial charge in [-0.15, -0.1) is 0 Å². The molecule has 0 aliphatic carbocycles. The van der Waals surface area contributed by atoms with Crippen LogP contribution in [0.2, 0.25) is 0 Å². The van der Waals surface area contributed by atoms with E-state index in [0.29, 0.717) is 12.5 Å². The summed E-state index contributed by atoms with van der Waals surface area (Å²) >= 11 is 0. The van der Waals surface area contributed by atoms with E-state index in [9.17, 15) is 4.79 Å². The smallest absolute Gasteiger partial charge is 0.219 e. The van der Waals surface area contributed by atoms with Crippen LogP contribution in [-0.4, -0.2) is 25.2 Å². The van der Waals surface area contributed by atoms with Crippen molar-refractivity contribution in [1.82, 2.24) is 5.32 Å². The summed E-state index contributed by atoms with van der Waals surface area (Å²) in [4.78, 5) is 10.9. The fraction of sp³-hybridized carbons (Fsp3) is 0.875. The molecule has 0 saturated carbocycles. The van der Waals surface area contributed by atoms with Gasteiger partial charge in [0.05, 0.1) is 0 Å². The molecule has 0 spiro atoms. The Morgan fingerprint density at radius 1 is 1.64 bits per heavy atom. The monoisotopic (exact) mass is 159 g/mol. The van der Waals surface area contributed by atoms with Crippen molar-refractivity contribution >= 4 is 5.91 Å². The van der Waals surface area contributed by atoms with Crippen molar-refractivity contribution in [1.29, 1.82) is 0 Å². The summed E-state index contributed by atoms with van der Waals surface area (Å²) in [5.41, 5.74) is 0. The predicted molar refractivity (Wildman–Crippen MR) is 44.4 cm³/mol. The van der Waals surface area contributed by atoms with Gasteiger partial charge in [-0.05, 0) is 12.8 Å². The highest BCUT2D eigenvalue weighted by molar-refractivity contribution is 5.75. The molecule has 0 unspecified atom stereocenters. The molecule has 1 saturated heterocycles. The van der Waals surface area contributed by atoms with Gasteiger partial charge in [0.1, 0.15) is 0 Å². The van der Waals surface area contributed by atoms with Crippen LogP contribution in [0.5, 0.6) is 0 Å². The molecule has 1 rings (SSSR count). The van der Waals surface area contributed by atoms with Crippen molar-refractivity contribution < 1.29 is 11.0 Å². The topological polar surface area (TPSA) is 38.3 Å². The van der Waals surface area contributed by atoms with E-state index in [1.54, 1.807) is 0 Å². The SMILES string of the molecule is CCC(=O)NC1CCOCC1.[HH]. The molecule has 3 nitrogen and oxygen atoms in total. The first-order valence-electron chi connectivity index (χ1n) is 4.20. The second kappa shape index (κ2) is 4.34. The lowest BCUT2D eigenvalue weighted by Gasteiger charge is -2.22. The van der Waals surface area contributed by atoms with Crippen molar-refractivity contribution in [2.24, 2.45) is 0 Å². The number of carbonyl (C=O) groups excluding carboxylic acids is 1. The molecule has 0 bridgehead atoms. The van der Waals surface area contributed by atoms with Gasteiger partial charge < -0.3 is 10.1 Å². The molecular weight excluding hydrogens is 142 g/mol. The Morgan fingerprint density at radius 2 is 2.27 bits per heavy atom. The minimum atomic E-state index is 0. The summed E-state index contributed by atoms with van der Waals surface area (Å²) in [6.07, 6.45) is 2.51. The van der Waals surface area contributed by atoms with Gasteiger partial charge in [-0.1, -0.05) is 6.92 Å². The second-order valence-electron chi connectivity index (χ2n) is 2.81. The summed E-state index contributed by atoms with van der Waals surface area (Å²) in [5.74, 6) is 0.150. The molecule has 1 fully saturated rings. The number of hydrogen-bond acceptors (Lipinski definition) is 2. The summed E-state index contributed by atoms with van der Waals surface area (Å²) in [7, 11) is 0. The highest BCUT2D eigenvalue weighted by Gasteiger charge is 2.14. The van der Waals surface area contributed by atoms with E-state index in [1.807, 2.05) is 6.92 Å². The predicted octanol–water partition coefficient (Wildman–Crippen LogP) is 0.938. The Morgan fingerprint density at radius 3 is 2.82 bits per heavy atom. The lowest BCUT2D eigenvalue weighted by atomic mass is 10.1. The van der Waals surface area contributed by atoms with Crippen molar-refractivity contribution in [3.05, 3.63) is 0 Å². The van der Waals surface area contributed by atoms with Gasteiger partial charge in [-0.25, -0.2) is 0 Å².